The van der Waals surface area contributed by atoms with E-state index in [1.165, 1.54) is 0 Å². The van der Waals surface area contributed by atoms with Gasteiger partial charge in [0.2, 0.25) is 5.91 Å². The van der Waals surface area contributed by atoms with E-state index in [0.29, 0.717) is 18.0 Å². The number of ether oxygens (including phenoxy) is 1. The van der Waals surface area contributed by atoms with E-state index in [-0.39, 0.29) is 24.3 Å². The SMILES string of the molecule is Cc1ccccc1NC(=O)C(c1c(C)cccc1C)N(C(=O)C(Cc1ccccc1)NC(=O)OC(C)(C)C)C(C)CCC(C)C. The number of hydrogen-bond donors (Lipinski definition) is 2. The topological polar surface area (TPSA) is 87.7 Å². The predicted molar refractivity (Wildman–Crippen MR) is 182 cm³/mol. The molecule has 0 fully saturated rings. The van der Waals surface area contributed by atoms with Crippen LogP contribution >= 0.6 is 0 Å². The largest absolute Gasteiger partial charge is 0.444 e. The van der Waals surface area contributed by atoms with E-state index in [2.05, 4.69) is 24.5 Å². The van der Waals surface area contributed by atoms with Crippen LogP contribution in [0.2, 0.25) is 0 Å². The molecule has 45 heavy (non-hydrogen) atoms. The third-order valence-corrected chi connectivity index (χ3v) is 7.91. The van der Waals surface area contributed by atoms with Crippen LogP contribution in [0.1, 0.15) is 88.2 Å². The number of alkyl carbamates (subject to hydrolysis) is 1. The highest BCUT2D eigenvalue weighted by Crippen LogP contribution is 2.33. The molecule has 3 aromatic carbocycles. The van der Waals surface area contributed by atoms with Crippen molar-refractivity contribution in [1.82, 2.24) is 10.2 Å². The summed E-state index contributed by atoms with van der Waals surface area (Å²) in [7, 11) is 0. The van der Waals surface area contributed by atoms with Gasteiger partial charge in [-0.1, -0.05) is 80.6 Å². The van der Waals surface area contributed by atoms with Gasteiger partial charge in [-0.3, -0.25) is 9.59 Å². The van der Waals surface area contributed by atoms with Crippen molar-refractivity contribution < 1.29 is 19.1 Å². The maximum atomic E-state index is 15.0. The van der Waals surface area contributed by atoms with Crippen LogP contribution in [-0.4, -0.2) is 40.5 Å². The van der Waals surface area contributed by atoms with Crippen LogP contribution in [-0.2, 0) is 20.7 Å². The number of aryl methyl sites for hydroxylation is 3. The molecule has 0 radical (unpaired) electrons. The second-order valence-corrected chi connectivity index (χ2v) is 13.5. The van der Waals surface area contributed by atoms with E-state index in [1.807, 2.05) is 100 Å². The van der Waals surface area contributed by atoms with Crippen LogP contribution in [0.5, 0.6) is 0 Å². The first-order valence-electron chi connectivity index (χ1n) is 16.0. The molecule has 0 aliphatic rings. The van der Waals surface area contributed by atoms with Gasteiger partial charge in [0.15, 0.2) is 0 Å². The second-order valence-electron chi connectivity index (χ2n) is 13.5. The van der Waals surface area contributed by atoms with Crippen molar-refractivity contribution in [3.05, 3.63) is 101 Å². The van der Waals surface area contributed by atoms with Crippen LogP contribution in [0, 0.1) is 26.7 Å². The molecule has 0 saturated carbocycles. The minimum Gasteiger partial charge on any atom is -0.444 e. The minimum atomic E-state index is -0.971. The van der Waals surface area contributed by atoms with E-state index >= 15 is 0 Å². The summed E-state index contributed by atoms with van der Waals surface area (Å²) in [5.74, 6) is -0.237. The van der Waals surface area contributed by atoms with Crippen molar-refractivity contribution in [2.45, 2.75) is 105 Å². The Bertz CT molecular complexity index is 1420. The summed E-state index contributed by atoms with van der Waals surface area (Å²) in [6, 6.07) is 20.9. The summed E-state index contributed by atoms with van der Waals surface area (Å²) < 4.78 is 5.60. The lowest BCUT2D eigenvalue weighted by Crippen LogP contribution is -2.56. The Morgan fingerprint density at radius 3 is 1.93 bits per heavy atom. The number of nitrogens with one attached hydrogen (secondary N) is 2. The molecule has 0 aliphatic heterocycles. The molecule has 2 N–H and O–H groups in total. The summed E-state index contributed by atoms with van der Waals surface area (Å²) in [5.41, 5.74) is 4.35. The van der Waals surface area contributed by atoms with Gasteiger partial charge < -0.3 is 20.3 Å². The van der Waals surface area contributed by atoms with E-state index in [4.69, 9.17) is 4.74 Å². The Morgan fingerprint density at radius 1 is 0.778 bits per heavy atom. The van der Waals surface area contributed by atoms with Gasteiger partial charge in [0.05, 0.1) is 0 Å². The van der Waals surface area contributed by atoms with Crippen molar-refractivity contribution in [1.29, 1.82) is 0 Å². The van der Waals surface area contributed by atoms with E-state index in [1.54, 1.807) is 25.7 Å². The molecule has 3 atom stereocenters. The first-order valence-corrected chi connectivity index (χ1v) is 16.0. The lowest BCUT2D eigenvalue weighted by Gasteiger charge is -2.40. The molecule has 0 heterocycles. The van der Waals surface area contributed by atoms with Crippen molar-refractivity contribution in [3.63, 3.8) is 0 Å². The van der Waals surface area contributed by atoms with Gasteiger partial charge in [0, 0.05) is 18.2 Å². The number of hydrogen-bond acceptors (Lipinski definition) is 4. The molecule has 7 heteroatoms. The van der Waals surface area contributed by atoms with Crippen LogP contribution in [0.15, 0.2) is 72.8 Å². The molecule has 0 aromatic heterocycles. The van der Waals surface area contributed by atoms with Crippen LogP contribution < -0.4 is 10.6 Å². The van der Waals surface area contributed by atoms with Crippen molar-refractivity contribution in [3.8, 4) is 0 Å². The normalized spacial score (nSPS) is 13.5. The minimum absolute atomic E-state index is 0.241. The van der Waals surface area contributed by atoms with Gasteiger partial charge in [0.1, 0.15) is 17.7 Å². The lowest BCUT2D eigenvalue weighted by molar-refractivity contribution is -0.143. The highest BCUT2D eigenvalue weighted by molar-refractivity contribution is 6.00. The van der Waals surface area contributed by atoms with Gasteiger partial charge in [-0.05, 0) is 101 Å². The third-order valence-electron chi connectivity index (χ3n) is 7.91. The molecule has 3 amide bonds. The second kappa shape index (κ2) is 15.7. The molecular weight excluding hydrogens is 562 g/mol. The molecule has 0 saturated heterocycles. The number of carbonyl (C=O) groups excluding carboxylic acids is 3. The first kappa shape index (κ1) is 35.4. The van der Waals surface area contributed by atoms with Crippen molar-refractivity contribution in [2.75, 3.05) is 5.32 Å². The molecule has 0 bridgehead atoms. The summed E-state index contributed by atoms with van der Waals surface area (Å²) in [4.78, 5) is 44.4. The average Bonchev–Trinajstić information content (AvgIpc) is 2.95. The fraction of sp³-hybridized carbons (Fsp3) is 0.447. The molecule has 0 aliphatic carbocycles. The Labute approximate surface area is 269 Å². The van der Waals surface area contributed by atoms with Crippen molar-refractivity contribution >= 4 is 23.6 Å². The molecule has 0 spiro atoms. The van der Waals surface area contributed by atoms with Gasteiger partial charge in [-0.2, -0.15) is 0 Å². The van der Waals surface area contributed by atoms with E-state index in [0.717, 1.165) is 34.2 Å². The predicted octanol–water partition coefficient (Wildman–Crippen LogP) is 8.08. The van der Waals surface area contributed by atoms with Gasteiger partial charge in [-0.15, -0.1) is 0 Å². The summed E-state index contributed by atoms with van der Waals surface area (Å²) in [5, 5.41) is 6.01. The highest BCUT2D eigenvalue weighted by Gasteiger charge is 2.40. The van der Waals surface area contributed by atoms with E-state index < -0.39 is 23.8 Å². The van der Waals surface area contributed by atoms with Crippen LogP contribution in [0.25, 0.3) is 0 Å². The average molecular weight is 614 g/mol. The molecule has 242 valence electrons. The highest BCUT2D eigenvalue weighted by atomic mass is 16.6. The Balaban J connectivity index is 2.19. The zero-order valence-electron chi connectivity index (χ0n) is 28.4. The molecule has 3 rings (SSSR count). The van der Waals surface area contributed by atoms with E-state index in [9.17, 15) is 14.4 Å². The van der Waals surface area contributed by atoms with Crippen LogP contribution in [0.3, 0.4) is 0 Å². The molecular formula is C38H51N3O4. The number of anilines is 1. The maximum absolute atomic E-state index is 15.0. The zero-order chi connectivity index (χ0) is 33.3. The molecule has 3 aromatic rings. The monoisotopic (exact) mass is 613 g/mol. The lowest BCUT2D eigenvalue weighted by atomic mass is 9.91. The number of rotatable bonds is 12. The number of nitrogens with zero attached hydrogens (tertiary/aromatic N) is 1. The van der Waals surface area contributed by atoms with Crippen LogP contribution in [0.4, 0.5) is 10.5 Å². The Hall–Kier alpha value is -4.13. The first-order chi connectivity index (χ1) is 21.2. The van der Waals surface area contributed by atoms with Crippen molar-refractivity contribution in [2.24, 2.45) is 5.92 Å². The third kappa shape index (κ3) is 10.2. The zero-order valence-corrected chi connectivity index (χ0v) is 28.4. The number of para-hydroxylation sites is 1. The summed E-state index contributed by atoms with van der Waals surface area (Å²) >= 11 is 0. The molecule has 7 nitrogen and oxygen atoms in total. The smallest absolute Gasteiger partial charge is 0.408 e. The Morgan fingerprint density at radius 2 is 1.36 bits per heavy atom. The number of carbonyl (C=O) groups is 3. The fourth-order valence-electron chi connectivity index (χ4n) is 5.56. The fourth-order valence-corrected chi connectivity index (χ4v) is 5.56. The maximum Gasteiger partial charge on any atom is 0.408 e. The number of benzene rings is 3. The Kier molecular flexibility index (Phi) is 12.4. The molecule has 3 unspecified atom stereocenters. The summed E-state index contributed by atoms with van der Waals surface area (Å²) in [6.07, 6.45) is 1.12. The quantitative estimate of drug-likeness (QED) is 0.216. The summed E-state index contributed by atoms with van der Waals surface area (Å²) in [6.45, 7) is 17.5. The number of amides is 3. The van der Waals surface area contributed by atoms with Gasteiger partial charge in [-0.25, -0.2) is 4.79 Å². The van der Waals surface area contributed by atoms with Gasteiger partial charge >= 0.3 is 6.09 Å². The van der Waals surface area contributed by atoms with Gasteiger partial charge in [0.25, 0.3) is 5.91 Å². The standard InChI is InChI=1S/C38H51N3O4/c1-25(2)22-23-29(6)41(36(43)32(24-30-19-11-10-12-20-30)40-37(44)45-38(7,8)9)34(33-27(4)17-15-18-28(33)5)35(42)39-31-21-14-13-16-26(31)3/h10-21,25,29,32,34H,22-24H2,1-9H3,(H,39,42)(H,40,44).